The van der Waals surface area contributed by atoms with Crippen LogP contribution in [0.15, 0.2) is 84.9 Å². The third kappa shape index (κ3) is 4.84. The minimum absolute atomic E-state index is 0. The number of quaternary nitrogens is 1. The van der Waals surface area contributed by atoms with Crippen molar-refractivity contribution in [2.24, 2.45) is 0 Å². The first-order chi connectivity index (χ1) is 14.3. The standard InChI is InChI=1S/C25H26N2O2.ClH/c1-29-23-14-12-22(13-15-23)25(28)27-18-16-26(17-19-27)24(20-8-4-2-5-9-20)21-10-6-3-7-11-21;/h2-15,24H,16-19H2,1H3;1H. The first kappa shape index (κ1) is 21.9. The number of piperazine rings is 1. The fourth-order valence-corrected chi connectivity index (χ4v) is 4.16. The second-order valence-electron chi connectivity index (χ2n) is 7.43. The lowest BCUT2D eigenvalue weighted by Gasteiger charge is -2.37. The highest BCUT2D eigenvalue weighted by molar-refractivity contribution is 5.94. The van der Waals surface area contributed by atoms with Gasteiger partial charge in [0.2, 0.25) is 0 Å². The number of rotatable bonds is 5. The van der Waals surface area contributed by atoms with E-state index >= 15 is 0 Å². The predicted octanol–water partition coefficient (Wildman–Crippen LogP) is -0.170. The van der Waals surface area contributed by atoms with E-state index in [-0.39, 0.29) is 24.4 Å². The van der Waals surface area contributed by atoms with Crippen molar-refractivity contribution in [3.8, 4) is 5.75 Å². The number of hydrogen-bond donors (Lipinski definition) is 1. The first-order valence-electron chi connectivity index (χ1n) is 10.1. The molecule has 1 aliphatic rings. The zero-order valence-electron chi connectivity index (χ0n) is 17.1. The van der Waals surface area contributed by atoms with Crippen LogP contribution in [0.25, 0.3) is 0 Å². The van der Waals surface area contributed by atoms with Crippen LogP contribution in [0.2, 0.25) is 0 Å². The van der Waals surface area contributed by atoms with E-state index in [0.717, 1.165) is 37.5 Å². The van der Waals surface area contributed by atoms with Gasteiger partial charge in [0.15, 0.2) is 0 Å². The van der Waals surface area contributed by atoms with Crippen LogP contribution >= 0.6 is 0 Å². The smallest absolute Gasteiger partial charge is 0.254 e. The number of hydrogen-bond acceptors (Lipinski definition) is 2. The molecule has 3 aromatic rings. The van der Waals surface area contributed by atoms with Crippen LogP contribution in [0, 0.1) is 0 Å². The van der Waals surface area contributed by atoms with Gasteiger partial charge in [0.25, 0.3) is 5.91 Å². The predicted molar refractivity (Wildman–Crippen MR) is 114 cm³/mol. The van der Waals surface area contributed by atoms with Crippen LogP contribution in [0.1, 0.15) is 27.5 Å². The topological polar surface area (TPSA) is 34.0 Å². The maximum Gasteiger partial charge on any atom is 0.254 e. The molecular formula is C25H27ClN2O2. The minimum Gasteiger partial charge on any atom is -1.00 e. The molecule has 0 aromatic heterocycles. The van der Waals surface area contributed by atoms with Gasteiger partial charge in [-0.1, -0.05) is 60.7 Å². The molecule has 4 nitrogen and oxygen atoms in total. The highest BCUT2D eigenvalue weighted by atomic mass is 35.5. The van der Waals surface area contributed by atoms with E-state index in [1.54, 1.807) is 7.11 Å². The van der Waals surface area contributed by atoms with E-state index < -0.39 is 0 Å². The largest absolute Gasteiger partial charge is 1.00 e. The van der Waals surface area contributed by atoms with Crippen LogP contribution in [-0.2, 0) is 0 Å². The summed E-state index contributed by atoms with van der Waals surface area (Å²) in [7, 11) is 1.63. The number of nitrogens with one attached hydrogen (secondary N) is 1. The average Bonchev–Trinajstić information content (AvgIpc) is 2.81. The summed E-state index contributed by atoms with van der Waals surface area (Å²) in [6.45, 7) is 3.37. The third-order valence-corrected chi connectivity index (χ3v) is 5.70. The number of ether oxygens (including phenoxy) is 1. The van der Waals surface area contributed by atoms with Crippen molar-refractivity contribution in [3.05, 3.63) is 102 Å². The second-order valence-corrected chi connectivity index (χ2v) is 7.43. The Morgan fingerprint density at radius 1 is 0.833 bits per heavy atom. The van der Waals surface area contributed by atoms with Crippen LogP contribution in [0.3, 0.4) is 0 Å². The highest BCUT2D eigenvalue weighted by Gasteiger charge is 2.31. The monoisotopic (exact) mass is 422 g/mol. The molecule has 0 saturated carbocycles. The Hall–Kier alpha value is -2.82. The highest BCUT2D eigenvalue weighted by Crippen LogP contribution is 2.20. The summed E-state index contributed by atoms with van der Waals surface area (Å²) < 4.78 is 5.19. The normalized spacial score (nSPS) is 14.3. The summed E-state index contributed by atoms with van der Waals surface area (Å²) >= 11 is 0. The van der Waals surface area contributed by atoms with Gasteiger partial charge in [-0.15, -0.1) is 0 Å². The van der Waals surface area contributed by atoms with E-state index in [1.165, 1.54) is 16.0 Å². The molecule has 1 aliphatic heterocycles. The second kappa shape index (κ2) is 10.3. The number of nitrogens with zero attached hydrogens (tertiary/aromatic N) is 1. The molecule has 0 spiro atoms. The molecule has 156 valence electrons. The fraction of sp³-hybridized carbons (Fsp3) is 0.240. The number of methoxy groups -OCH3 is 1. The van der Waals surface area contributed by atoms with Crippen LogP contribution < -0.4 is 22.0 Å². The molecule has 1 fully saturated rings. The van der Waals surface area contributed by atoms with Crippen molar-refractivity contribution in [1.29, 1.82) is 0 Å². The van der Waals surface area contributed by atoms with Gasteiger partial charge in [-0.25, -0.2) is 0 Å². The zero-order valence-corrected chi connectivity index (χ0v) is 17.9. The van der Waals surface area contributed by atoms with Gasteiger partial charge in [0.1, 0.15) is 11.8 Å². The van der Waals surface area contributed by atoms with Crippen LogP contribution in [0.5, 0.6) is 5.75 Å². The summed E-state index contributed by atoms with van der Waals surface area (Å²) in [5, 5.41) is 0. The van der Waals surface area contributed by atoms with Gasteiger partial charge >= 0.3 is 0 Å². The summed E-state index contributed by atoms with van der Waals surface area (Å²) in [4.78, 5) is 16.4. The zero-order chi connectivity index (χ0) is 20.1. The lowest BCUT2D eigenvalue weighted by atomic mass is 9.96. The average molecular weight is 423 g/mol. The molecule has 4 rings (SSSR count). The molecule has 0 aliphatic carbocycles. The van der Waals surface area contributed by atoms with Crippen molar-refractivity contribution < 1.29 is 26.8 Å². The molecule has 30 heavy (non-hydrogen) atoms. The number of halogens is 1. The van der Waals surface area contributed by atoms with E-state index in [2.05, 4.69) is 60.7 Å². The third-order valence-electron chi connectivity index (χ3n) is 5.70. The van der Waals surface area contributed by atoms with E-state index in [9.17, 15) is 4.79 Å². The van der Waals surface area contributed by atoms with Gasteiger partial charge in [-0.2, -0.15) is 0 Å². The Morgan fingerprint density at radius 3 is 1.80 bits per heavy atom. The van der Waals surface area contributed by atoms with Gasteiger partial charge in [0.05, 0.1) is 33.3 Å². The lowest BCUT2D eigenvalue weighted by Crippen LogP contribution is -3.15. The molecule has 1 amide bonds. The van der Waals surface area contributed by atoms with Crippen molar-refractivity contribution in [3.63, 3.8) is 0 Å². The van der Waals surface area contributed by atoms with Crippen molar-refractivity contribution >= 4 is 5.91 Å². The van der Waals surface area contributed by atoms with Crippen molar-refractivity contribution in [2.45, 2.75) is 6.04 Å². The number of carbonyl (C=O) groups excluding carboxylic acids is 1. The molecule has 0 radical (unpaired) electrons. The number of benzene rings is 3. The molecule has 0 bridgehead atoms. The molecule has 1 saturated heterocycles. The van der Waals surface area contributed by atoms with Crippen LogP contribution in [-0.4, -0.2) is 44.1 Å². The fourth-order valence-electron chi connectivity index (χ4n) is 4.16. The summed E-state index contributed by atoms with van der Waals surface area (Å²) in [6, 6.07) is 29.0. The molecule has 5 heteroatoms. The summed E-state index contributed by atoms with van der Waals surface area (Å²) in [5.74, 6) is 0.868. The Morgan fingerprint density at radius 2 is 1.33 bits per heavy atom. The molecule has 3 aromatic carbocycles. The van der Waals surface area contributed by atoms with Gasteiger partial charge in [0, 0.05) is 16.7 Å². The minimum atomic E-state index is 0. The maximum atomic E-state index is 12.9. The van der Waals surface area contributed by atoms with Gasteiger partial charge in [-0.05, 0) is 24.3 Å². The van der Waals surface area contributed by atoms with Gasteiger partial charge < -0.3 is 26.9 Å². The van der Waals surface area contributed by atoms with Gasteiger partial charge in [-0.3, -0.25) is 4.79 Å². The summed E-state index contributed by atoms with van der Waals surface area (Å²) in [6.07, 6.45) is 0. The SMILES string of the molecule is COc1ccc(C(=O)N2CC[NH+](C(c3ccccc3)c3ccccc3)CC2)cc1.[Cl-]. The first-order valence-corrected chi connectivity index (χ1v) is 10.1. The Labute approximate surface area is 184 Å². The number of amides is 1. The Bertz CT molecular complexity index is 885. The molecular weight excluding hydrogens is 396 g/mol. The quantitative estimate of drug-likeness (QED) is 0.619. The van der Waals surface area contributed by atoms with Crippen LogP contribution in [0.4, 0.5) is 0 Å². The summed E-state index contributed by atoms with van der Waals surface area (Å²) in [5.41, 5.74) is 3.36. The Balaban J connectivity index is 0.00000256. The van der Waals surface area contributed by atoms with Crippen molar-refractivity contribution in [1.82, 2.24) is 4.90 Å². The van der Waals surface area contributed by atoms with E-state index in [1.807, 2.05) is 29.2 Å². The Kier molecular flexibility index (Phi) is 7.50. The lowest BCUT2D eigenvalue weighted by molar-refractivity contribution is -0.929. The number of carbonyl (C=O) groups is 1. The molecule has 0 atom stereocenters. The van der Waals surface area contributed by atoms with E-state index in [0.29, 0.717) is 0 Å². The maximum absolute atomic E-state index is 12.9. The van der Waals surface area contributed by atoms with E-state index in [4.69, 9.17) is 4.74 Å². The molecule has 1 heterocycles. The molecule has 1 N–H and O–H groups in total. The molecule has 0 unspecified atom stereocenters. The van der Waals surface area contributed by atoms with Crippen molar-refractivity contribution in [2.75, 3.05) is 33.3 Å².